The minimum absolute atomic E-state index is 0.388. The minimum Gasteiger partial charge on any atom is -0.497 e. The number of hydrogen-bond donors (Lipinski definition) is 1. The largest absolute Gasteiger partial charge is 0.497 e. The maximum absolute atomic E-state index is 5.62. The summed E-state index contributed by atoms with van der Waals surface area (Å²) in [7, 11) is 1.68. The molecular weight excluding hydrogens is 282 g/mol. The Morgan fingerprint density at radius 1 is 1.35 bits per heavy atom. The SMILES string of the molecule is COc1ccc(Br)c(CNOC2CCCC2)c1. The van der Waals surface area contributed by atoms with E-state index >= 15 is 0 Å². The van der Waals surface area contributed by atoms with Gasteiger partial charge in [-0.2, -0.15) is 5.48 Å². The molecule has 4 heteroatoms. The Balaban J connectivity index is 1.84. The van der Waals surface area contributed by atoms with E-state index in [-0.39, 0.29) is 0 Å². The van der Waals surface area contributed by atoms with Gasteiger partial charge in [-0.25, -0.2) is 0 Å². The fourth-order valence-electron chi connectivity index (χ4n) is 2.06. The van der Waals surface area contributed by atoms with E-state index in [1.54, 1.807) is 7.11 Å². The van der Waals surface area contributed by atoms with Crippen LogP contribution in [0.4, 0.5) is 0 Å². The molecule has 0 unspecified atom stereocenters. The maximum Gasteiger partial charge on any atom is 0.119 e. The van der Waals surface area contributed by atoms with Crippen molar-refractivity contribution in [1.82, 2.24) is 5.48 Å². The summed E-state index contributed by atoms with van der Waals surface area (Å²) in [5.41, 5.74) is 4.19. The second kappa shape index (κ2) is 6.38. The zero-order valence-electron chi connectivity index (χ0n) is 10.0. The Bertz CT molecular complexity index is 364. The van der Waals surface area contributed by atoms with Crippen LogP contribution < -0.4 is 10.2 Å². The highest BCUT2D eigenvalue weighted by Gasteiger charge is 2.15. The molecule has 1 fully saturated rings. The first-order valence-corrected chi connectivity index (χ1v) is 6.80. The van der Waals surface area contributed by atoms with Crippen molar-refractivity contribution in [3.8, 4) is 5.75 Å². The molecule has 0 aromatic heterocycles. The lowest BCUT2D eigenvalue weighted by Gasteiger charge is -2.13. The van der Waals surface area contributed by atoms with E-state index < -0.39 is 0 Å². The smallest absolute Gasteiger partial charge is 0.119 e. The Labute approximate surface area is 111 Å². The first-order valence-electron chi connectivity index (χ1n) is 6.00. The quantitative estimate of drug-likeness (QED) is 0.845. The monoisotopic (exact) mass is 299 g/mol. The van der Waals surface area contributed by atoms with Gasteiger partial charge in [-0.05, 0) is 36.6 Å². The van der Waals surface area contributed by atoms with Crippen LogP contribution in [0.5, 0.6) is 5.75 Å². The van der Waals surface area contributed by atoms with Crippen LogP contribution in [-0.4, -0.2) is 13.2 Å². The van der Waals surface area contributed by atoms with Gasteiger partial charge in [0.1, 0.15) is 5.75 Å². The Morgan fingerprint density at radius 2 is 2.12 bits per heavy atom. The van der Waals surface area contributed by atoms with Gasteiger partial charge >= 0.3 is 0 Å². The van der Waals surface area contributed by atoms with Crippen molar-refractivity contribution in [1.29, 1.82) is 0 Å². The van der Waals surface area contributed by atoms with Crippen LogP contribution in [0.15, 0.2) is 22.7 Å². The number of halogens is 1. The molecule has 0 radical (unpaired) electrons. The predicted octanol–water partition coefficient (Wildman–Crippen LogP) is 3.42. The molecule has 0 spiro atoms. The summed E-state index contributed by atoms with van der Waals surface area (Å²) in [6, 6.07) is 5.94. The third-order valence-corrected chi connectivity index (χ3v) is 3.84. The third-order valence-electron chi connectivity index (χ3n) is 3.07. The lowest BCUT2D eigenvalue weighted by molar-refractivity contribution is -0.0245. The zero-order chi connectivity index (χ0) is 12.1. The lowest BCUT2D eigenvalue weighted by Crippen LogP contribution is -2.21. The summed E-state index contributed by atoms with van der Waals surface area (Å²) in [4.78, 5) is 5.62. The Hall–Kier alpha value is -0.580. The summed E-state index contributed by atoms with van der Waals surface area (Å²) < 4.78 is 6.27. The van der Waals surface area contributed by atoms with Crippen LogP contribution >= 0.6 is 15.9 Å². The fraction of sp³-hybridized carbons (Fsp3) is 0.538. The van der Waals surface area contributed by atoms with E-state index in [2.05, 4.69) is 21.4 Å². The number of ether oxygens (including phenoxy) is 1. The van der Waals surface area contributed by atoms with Gasteiger partial charge in [-0.15, -0.1) is 0 Å². The predicted molar refractivity (Wildman–Crippen MR) is 70.9 cm³/mol. The molecule has 1 aliphatic carbocycles. The van der Waals surface area contributed by atoms with E-state index in [0.717, 1.165) is 15.8 Å². The van der Waals surface area contributed by atoms with Crippen molar-refractivity contribution < 1.29 is 9.57 Å². The highest BCUT2D eigenvalue weighted by molar-refractivity contribution is 9.10. The van der Waals surface area contributed by atoms with E-state index in [1.165, 1.54) is 25.7 Å². The topological polar surface area (TPSA) is 30.5 Å². The van der Waals surface area contributed by atoms with Crippen molar-refractivity contribution >= 4 is 15.9 Å². The molecular formula is C13H18BrNO2. The molecule has 17 heavy (non-hydrogen) atoms. The third kappa shape index (κ3) is 3.69. The van der Waals surface area contributed by atoms with Crippen molar-refractivity contribution in [2.45, 2.75) is 38.3 Å². The Kier molecular flexibility index (Phi) is 4.83. The highest BCUT2D eigenvalue weighted by atomic mass is 79.9. The van der Waals surface area contributed by atoms with Crippen LogP contribution in [0.1, 0.15) is 31.2 Å². The summed E-state index contributed by atoms with van der Waals surface area (Å²) in [5.74, 6) is 0.867. The molecule has 0 heterocycles. The standard InChI is InChI=1S/C13H18BrNO2/c1-16-12-6-7-13(14)10(8-12)9-15-17-11-4-2-3-5-11/h6-8,11,15H,2-5,9H2,1H3. The van der Waals surface area contributed by atoms with Gasteiger partial charge in [0.2, 0.25) is 0 Å². The number of rotatable bonds is 5. The second-order valence-corrected chi connectivity index (χ2v) is 5.16. The molecule has 0 amide bonds. The molecule has 1 aliphatic rings. The van der Waals surface area contributed by atoms with Crippen molar-refractivity contribution in [3.63, 3.8) is 0 Å². The summed E-state index contributed by atoms with van der Waals surface area (Å²) in [6.45, 7) is 0.689. The number of hydroxylamine groups is 1. The average molecular weight is 300 g/mol. The van der Waals surface area contributed by atoms with Gasteiger partial charge in [-0.3, -0.25) is 4.84 Å². The van der Waals surface area contributed by atoms with E-state index in [0.29, 0.717) is 12.6 Å². The van der Waals surface area contributed by atoms with Gasteiger partial charge in [0, 0.05) is 11.0 Å². The molecule has 1 saturated carbocycles. The van der Waals surface area contributed by atoms with Gasteiger partial charge < -0.3 is 4.74 Å². The van der Waals surface area contributed by atoms with Gasteiger partial charge in [0.15, 0.2) is 0 Å². The zero-order valence-corrected chi connectivity index (χ0v) is 11.6. The van der Waals surface area contributed by atoms with Crippen LogP contribution in [0, 0.1) is 0 Å². The van der Waals surface area contributed by atoms with Crippen LogP contribution in [-0.2, 0) is 11.4 Å². The molecule has 94 valence electrons. The normalized spacial score (nSPS) is 16.4. The number of nitrogens with one attached hydrogen (secondary N) is 1. The number of hydrogen-bond acceptors (Lipinski definition) is 3. The van der Waals surface area contributed by atoms with Crippen molar-refractivity contribution in [2.24, 2.45) is 0 Å². The van der Waals surface area contributed by atoms with E-state index in [4.69, 9.17) is 9.57 Å². The molecule has 2 rings (SSSR count). The van der Waals surface area contributed by atoms with Gasteiger partial charge in [0.05, 0.1) is 13.2 Å². The van der Waals surface area contributed by atoms with Crippen LogP contribution in [0.25, 0.3) is 0 Å². The second-order valence-electron chi connectivity index (χ2n) is 4.30. The summed E-state index contributed by atoms with van der Waals surface area (Å²) >= 11 is 3.52. The summed E-state index contributed by atoms with van der Waals surface area (Å²) in [5, 5.41) is 0. The minimum atomic E-state index is 0.388. The first-order chi connectivity index (χ1) is 8.29. The van der Waals surface area contributed by atoms with Crippen LogP contribution in [0.2, 0.25) is 0 Å². The molecule has 0 atom stereocenters. The fourth-order valence-corrected chi connectivity index (χ4v) is 2.44. The number of methoxy groups -OCH3 is 1. The molecule has 0 saturated heterocycles. The summed E-state index contributed by atoms with van der Waals surface area (Å²) in [6.07, 6.45) is 5.31. The Morgan fingerprint density at radius 3 is 2.82 bits per heavy atom. The molecule has 1 N–H and O–H groups in total. The highest BCUT2D eigenvalue weighted by Crippen LogP contribution is 2.23. The van der Waals surface area contributed by atoms with Gasteiger partial charge in [0.25, 0.3) is 0 Å². The maximum atomic E-state index is 5.62. The first kappa shape index (κ1) is 12.9. The molecule has 3 nitrogen and oxygen atoms in total. The molecule has 1 aromatic carbocycles. The van der Waals surface area contributed by atoms with Gasteiger partial charge in [-0.1, -0.05) is 28.8 Å². The van der Waals surface area contributed by atoms with Crippen molar-refractivity contribution in [2.75, 3.05) is 7.11 Å². The average Bonchev–Trinajstić information content (AvgIpc) is 2.84. The number of benzene rings is 1. The van der Waals surface area contributed by atoms with Crippen LogP contribution in [0.3, 0.4) is 0 Å². The molecule has 1 aromatic rings. The van der Waals surface area contributed by atoms with Crippen molar-refractivity contribution in [3.05, 3.63) is 28.2 Å². The molecule has 0 bridgehead atoms. The lowest BCUT2D eigenvalue weighted by atomic mass is 10.2. The van der Waals surface area contributed by atoms with E-state index in [9.17, 15) is 0 Å². The molecule has 0 aliphatic heterocycles. The van der Waals surface area contributed by atoms with E-state index in [1.807, 2.05) is 18.2 Å².